The molecule has 0 aromatic heterocycles. The Kier molecular flexibility index (Phi) is 6.17. The van der Waals surface area contributed by atoms with Crippen molar-refractivity contribution in [3.8, 4) is 11.5 Å². The molecule has 1 N–H and O–H groups in total. The molecule has 2 heterocycles. The van der Waals surface area contributed by atoms with Crippen LogP contribution in [0.5, 0.6) is 11.5 Å². The number of sulfonamides is 1. The summed E-state index contributed by atoms with van der Waals surface area (Å²) in [5.41, 5.74) is 2.24. The van der Waals surface area contributed by atoms with Crippen LogP contribution in [0.2, 0.25) is 0 Å². The third-order valence-electron chi connectivity index (χ3n) is 5.67. The summed E-state index contributed by atoms with van der Waals surface area (Å²) in [6.07, 6.45) is 2.28. The summed E-state index contributed by atoms with van der Waals surface area (Å²) in [4.78, 5) is 4.60. The number of rotatable bonds is 7. The van der Waals surface area contributed by atoms with Gasteiger partial charge in [0.2, 0.25) is 10.0 Å². The molecular weight excluding hydrogens is 402 g/mol. The van der Waals surface area contributed by atoms with Crippen molar-refractivity contribution in [3.63, 3.8) is 0 Å². The number of hydrogen-bond acceptors (Lipinski definition) is 6. The molecule has 30 heavy (non-hydrogen) atoms. The molecule has 1 saturated heterocycles. The normalized spacial score (nSPS) is 17.7. The lowest BCUT2D eigenvalue weighted by atomic mass is 10.1. The van der Waals surface area contributed by atoms with Gasteiger partial charge in [0.15, 0.2) is 11.5 Å². The third-order valence-corrected chi connectivity index (χ3v) is 7.09. The summed E-state index contributed by atoms with van der Waals surface area (Å²) >= 11 is 0. The lowest BCUT2D eigenvalue weighted by molar-refractivity contribution is 0.171. The molecule has 0 saturated carbocycles. The van der Waals surface area contributed by atoms with E-state index in [2.05, 4.69) is 38.8 Å². The fourth-order valence-corrected chi connectivity index (χ4v) is 5.02. The second-order valence-electron chi connectivity index (χ2n) is 7.90. The Morgan fingerprint density at radius 1 is 1.00 bits per heavy atom. The van der Waals surface area contributed by atoms with E-state index in [1.54, 1.807) is 12.1 Å². The first kappa shape index (κ1) is 21.0. The fourth-order valence-electron chi connectivity index (χ4n) is 3.97. The fraction of sp³-hybridized carbons (Fsp3) is 0.455. The molecule has 2 aliphatic rings. The minimum Gasteiger partial charge on any atom is -0.486 e. The predicted octanol–water partition coefficient (Wildman–Crippen LogP) is 2.64. The first-order valence-corrected chi connectivity index (χ1v) is 11.8. The van der Waals surface area contributed by atoms with Crippen molar-refractivity contribution in [2.45, 2.75) is 23.8 Å². The van der Waals surface area contributed by atoms with Crippen LogP contribution in [0.4, 0.5) is 5.69 Å². The van der Waals surface area contributed by atoms with Crippen molar-refractivity contribution < 1.29 is 17.9 Å². The maximum Gasteiger partial charge on any atom is 0.240 e. The van der Waals surface area contributed by atoms with E-state index in [9.17, 15) is 8.42 Å². The molecule has 0 bridgehead atoms. The summed E-state index contributed by atoms with van der Waals surface area (Å²) in [6, 6.07) is 13.1. The number of likely N-dealkylation sites (tertiary alicyclic amines) is 1. The van der Waals surface area contributed by atoms with Gasteiger partial charge >= 0.3 is 0 Å². The van der Waals surface area contributed by atoms with Crippen molar-refractivity contribution in [2.75, 3.05) is 51.8 Å². The van der Waals surface area contributed by atoms with Gasteiger partial charge in [-0.2, -0.15) is 0 Å². The van der Waals surface area contributed by atoms with Gasteiger partial charge in [-0.1, -0.05) is 12.1 Å². The van der Waals surface area contributed by atoms with E-state index in [-0.39, 0.29) is 10.9 Å². The molecule has 0 amide bonds. The number of nitrogens with one attached hydrogen (secondary N) is 1. The van der Waals surface area contributed by atoms with Crippen LogP contribution < -0.4 is 19.1 Å². The third kappa shape index (κ3) is 4.55. The zero-order chi connectivity index (χ0) is 21.1. The van der Waals surface area contributed by atoms with E-state index in [0.717, 1.165) is 37.2 Å². The quantitative estimate of drug-likeness (QED) is 0.727. The highest BCUT2D eigenvalue weighted by atomic mass is 32.2. The SMILES string of the molecule is CN(C)c1ccc(C(CNS(=O)(=O)c2ccc3c(c2)OCCO3)N2CCCC2)cc1. The molecule has 0 radical (unpaired) electrons. The van der Waals surface area contributed by atoms with Crippen molar-refractivity contribution in [3.05, 3.63) is 48.0 Å². The smallest absolute Gasteiger partial charge is 0.240 e. The number of anilines is 1. The van der Waals surface area contributed by atoms with E-state index in [1.807, 2.05) is 14.1 Å². The van der Waals surface area contributed by atoms with Crippen LogP contribution in [0.25, 0.3) is 0 Å². The van der Waals surface area contributed by atoms with Gasteiger partial charge in [0, 0.05) is 38.4 Å². The molecule has 1 unspecified atom stereocenters. The van der Waals surface area contributed by atoms with Gasteiger partial charge in [0.05, 0.1) is 4.90 Å². The van der Waals surface area contributed by atoms with E-state index in [0.29, 0.717) is 31.3 Å². The van der Waals surface area contributed by atoms with Crippen molar-refractivity contribution in [1.82, 2.24) is 9.62 Å². The minimum atomic E-state index is -3.67. The Hall–Kier alpha value is -2.29. The second-order valence-corrected chi connectivity index (χ2v) is 9.67. The number of ether oxygens (including phenoxy) is 2. The van der Waals surface area contributed by atoms with Crippen molar-refractivity contribution >= 4 is 15.7 Å². The Morgan fingerprint density at radius 2 is 1.67 bits per heavy atom. The highest BCUT2D eigenvalue weighted by molar-refractivity contribution is 7.89. The van der Waals surface area contributed by atoms with Crippen LogP contribution >= 0.6 is 0 Å². The maximum absolute atomic E-state index is 13.0. The van der Waals surface area contributed by atoms with E-state index in [1.165, 1.54) is 6.07 Å². The molecule has 4 rings (SSSR count). The number of fused-ring (bicyclic) bond motifs is 1. The lowest BCUT2D eigenvalue weighted by Gasteiger charge is -2.28. The van der Waals surface area contributed by atoms with Crippen LogP contribution in [0.1, 0.15) is 24.4 Å². The molecule has 1 atom stereocenters. The van der Waals surface area contributed by atoms with Gasteiger partial charge in [-0.15, -0.1) is 0 Å². The highest BCUT2D eigenvalue weighted by Gasteiger charge is 2.26. The van der Waals surface area contributed by atoms with Gasteiger partial charge < -0.3 is 14.4 Å². The molecule has 0 spiro atoms. The van der Waals surface area contributed by atoms with Crippen LogP contribution in [0, 0.1) is 0 Å². The van der Waals surface area contributed by atoms with Gasteiger partial charge in [0.25, 0.3) is 0 Å². The van der Waals surface area contributed by atoms with E-state index < -0.39 is 10.0 Å². The van der Waals surface area contributed by atoms with E-state index >= 15 is 0 Å². The van der Waals surface area contributed by atoms with Crippen LogP contribution in [-0.2, 0) is 10.0 Å². The number of hydrogen-bond donors (Lipinski definition) is 1. The highest BCUT2D eigenvalue weighted by Crippen LogP contribution is 2.32. The average Bonchev–Trinajstić information content (AvgIpc) is 3.28. The molecule has 2 aromatic carbocycles. The van der Waals surface area contributed by atoms with Gasteiger partial charge in [0.1, 0.15) is 13.2 Å². The summed E-state index contributed by atoms with van der Waals surface area (Å²) < 4.78 is 39.8. The monoisotopic (exact) mass is 431 g/mol. The maximum atomic E-state index is 13.0. The molecule has 1 fully saturated rings. The van der Waals surface area contributed by atoms with Gasteiger partial charge in [-0.05, 0) is 55.8 Å². The van der Waals surface area contributed by atoms with Gasteiger partial charge in [-0.3, -0.25) is 4.90 Å². The Morgan fingerprint density at radius 3 is 2.33 bits per heavy atom. The molecule has 8 heteroatoms. The molecule has 7 nitrogen and oxygen atoms in total. The summed E-state index contributed by atoms with van der Waals surface area (Å²) in [6.45, 7) is 3.17. The zero-order valence-corrected chi connectivity index (χ0v) is 18.3. The summed E-state index contributed by atoms with van der Waals surface area (Å²) in [5, 5.41) is 0. The zero-order valence-electron chi connectivity index (χ0n) is 17.5. The molecule has 162 valence electrons. The Labute approximate surface area is 178 Å². The lowest BCUT2D eigenvalue weighted by Crippen LogP contribution is -2.36. The Balaban J connectivity index is 1.53. The minimum absolute atomic E-state index is 0.00398. The number of benzene rings is 2. The topological polar surface area (TPSA) is 71.1 Å². The Bertz CT molecular complexity index is 970. The molecular formula is C22H29N3O4S. The van der Waals surface area contributed by atoms with Crippen LogP contribution in [0.15, 0.2) is 47.4 Å². The largest absolute Gasteiger partial charge is 0.486 e. The van der Waals surface area contributed by atoms with Crippen LogP contribution in [0.3, 0.4) is 0 Å². The molecule has 0 aliphatic carbocycles. The number of nitrogens with zero attached hydrogens (tertiary/aromatic N) is 2. The van der Waals surface area contributed by atoms with Crippen molar-refractivity contribution in [2.24, 2.45) is 0 Å². The standard InChI is InChI=1S/C22H29N3O4S/c1-24(2)18-7-5-17(6-8-18)20(25-11-3-4-12-25)16-23-30(26,27)19-9-10-21-22(15-19)29-14-13-28-21/h5-10,15,20,23H,3-4,11-14,16H2,1-2H3. The first-order chi connectivity index (χ1) is 14.4. The predicted molar refractivity (Wildman–Crippen MR) is 117 cm³/mol. The summed E-state index contributed by atoms with van der Waals surface area (Å²) in [5.74, 6) is 1.05. The average molecular weight is 432 g/mol. The first-order valence-electron chi connectivity index (χ1n) is 10.3. The van der Waals surface area contributed by atoms with E-state index in [4.69, 9.17) is 9.47 Å². The second kappa shape index (κ2) is 8.83. The summed E-state index contributed by atoms with van der Waals surface area (Å²) in [7, 11) is 0.348. The van der Waals surface area contributed by atoms with Crippen molar-refractivity contribution in [1.29, 1.82) is 0 Å². The molecule has 2 aliphatic heterocycles. The van der Waals surface area contributed by atoms with Crippen LogP contribution in [-0.4, -0.2) is 60.3 Å². The van der Waals surface area contributed by atoms with Gasteiger partial charge in [-0.25, -0.2) is 13.1 Å². The molecule has 2 aromatic rings.